The SMILES string of the molecule is CCOc1cccc2sc(NC(=O)c3ccc(F)c(F)c3)nc12. The first-order valence-corrected chi connectivity index (χ1v) is 7.69. The minimum absolute atomic E-state index is 0.0215. The van der Waals surface area contributed by atoms with E-state index in [0.717, 1.165) is 16.8 Å². The number of anilines is 1. The Morgan fingerprint density at radius 2 is 2.09 bits per heavy atom. The number of rotatable bonds is 4. The highest BCUT2D eigenvalue weighted by Crippen LogP contribution is 2.32. The normalized spacial score (nSPS) is 10.7. The van der Waals surface area contributed by atoms with Gasteiger partial charge in [-0.05, 0) is 37.3 Å². The van der Waals surface area contributed by atoms with Crippen LogP contribution in [0.2, 0.25) is 0 Å². The molecule has 7 heteroatoms. The van der Waals surface area contributed by atoms with Gasteiger partial charge in [-0.2, -0.15) is 0 Å². The van der Waals surface area contributed by atoms with Gasteiger partial charge in [-0.1, -0.05) is 17.4 Å². The standard InChI is InChI=1S/C16H12F2N2O2S/c1-2-22-12-4-3-5-13-14(12)19-16(23-13)20-15(21)9-6-7-10(17)11(18)8-9/h3-8H,2H2,1H3,(H,19,20,21). The van der Waals surface area contributed by atoms with Crippen molar-refractivity contribution >= 4 is 32.6 Å². The van der Waals surface area contributed by atoms with Crippen molar-refractivity contribution in [1.29, 1.82) is 0 Å². The summed E-state index contributed by atoms with van der Waals surface area (Å²) in [7, 11) is 0. The summed E-state index contributed by atoms with van der Waals surface area (Å²) in [4.78, 5) is 16.4. The number of ether oxygens (including phenoxy) is 1. The third-order valence-corrected chi connectivity index (χ3v) is 4.02. The summed E-state index contributed by atoms with van der Waals surface area (Å²) in [5.41, 5.74) is 0.674. The molecule has 0 aliphatic heterocycles. The van der Waals surface area contributed by atoms with Crippen LogP contribution in [0.1, 0.15) is 17.3 Å². The maximum atomic E-state index is 13.2. The summed E-state index contributed by atoms with van der Waals surface area (Å²) < 4.78 is 32.5. The number of nitrogens with zero attached hydrogens (tertiary/aromatic N) is 1. The number of para-hydroxylation sites is 1. The van der Waals surface area contributed by atoms with E-state index in [9.17, 15) is 13.6 Å². The molecule has 0 bridgehead atoms. The lowest BCUT2D eigenvalue weighted by molar-refractivity contribution is 0.102. The first kappa shape index (κ1) is 15.4. The maximum absolute atomic E-state index is 13.2. The van der Waals surface area contributed by atoms with E-state index < -0.39 is 17.5 Å². The van der Waals surface area contributed by atoms with Crippen molar-refractivity contribution < 1.29 is 18.3 Å². The van der Waals surface area contributed by atoms with E-state index in [1.807, 2.05) is 19.1 Å². The fourth-order valence-corrected chi connectivity index (χ4v) is 2.93. The Labute approximate surface area is 134 Å². The predicted molar refractivity (Wildman–Crippen MR) is 85.1 cm³/mol. The first-order valence-electron chi connectivity index (χ1n) is 6.87. The maximum Gasteiger partial charge on any atom is 0.257 e. The summed E-state index contributed by atoms with van der Waals surface area (Å²) in [5.74, 6) is -1.99. The second-order valence-corrected chi connectivity index (χ2v) is 5.67. The number of aromatic nitrogens is 1. The van der Waals surface area contributed by atoms with E-state index in [1.54, 1.807) is 6.07 Å². The van der Waals surface area contributed by atoms with Crippen LogP contribution in [0.4, 0.5) is 13.9 Å². The van der Waals surface area contributed by atoms with E-state index in [0.29, 0.717) is 23.0 Å². The molecular weight excluding hydrogens is 322 g/mol. The zero-order chi connectivity index (χ0) is 16.4. The lowest BCUT2D eigenvalue weighted by Gasteiger charge is -2.02. The van der Waals surface area contributed by atoms with Crippen LogP contribution >= 0.6 is 11.3 Å². The highest BCUT2D eigenvalue weighted by atomic mass is 32.1. The van der Waals surface area contributed by atoms with Crippen LogP contribution in [0, 0.1) is 11.6 Å². The summed E-state index contributed by atoms with van der Waals surface area (Å²) in [5, 5.41) is 2.95. The lowest BCUT2D eigenvalue weighted by atomic mass is 10.2. The van der Waals surface area contributed by atoms with Gasteiger partial charge in [0, 0.05) is 5.56 Å². The topological polar surface area (TPSA) is 51.2 Å². The fraction of sp³-hybridized carbons (Fsp3) is 0.125. The highest BCUT2D eigenvalue weighted by Gasteiger charge is 2.14. The summed E-state index contributed by atoms with van der Waals surface area (Å²) in [6.07, 6.45) is 0. The number of hydrogen-bond acceptors (Lipinski definition) is 4. The quantitative estimate of drug-likeness (QED) is 0.777. The summed E-state index contributed by atoms with van der Waals surface area (Å²) >= 11 is 1.28. The van der Waals surface area contributed by atoms with E-state index in [4.69, 9.17) is 4.74 Å². The molecule has 0 aliphatic rings. The molecule has 0 spiro atoms. The fourth-order valence-electron chi connectivity index (χ4n) is 2.06. The van der Waals surface area contributed by atoms with Crippen LogP contribution in [-0.4, -0.2) is 17.5 Å². The third-order valence-electron chi connectivity index (χ3n) is 3.08. The number of nitrogens with one attached hydrogen (secondary N) is 1. The van der Waals surface area contributed by atoms with Gasteiger partial charge in [0.2, 0.25) is 0 Å². The zero-order valence-corrected chi connectivity index (χ0v) is 12.9. The van der Waals surface area contributed by atoms with Crippen LogP contribution < -0.4 is 10.1 Å². The molecular formula is C16H12F2N2O2S. The molecule has 118 valence electrons. The largest absolute Gasteiger partial charge is 0.492 e. The molecule has 0 unspecified atom stereocenters. The number of fused-ring (bicyclic) bond motifs is 1. The molecule has 3 rings (SSSR count). The molecule has 0 radical (unpaired) electrons. The van der Waals surface area contributed by atoms with Crippen LogP contribution in [0.15, 0.2) is 36.4 Å². The molecule has 0 aliphatic carbocycles. The Kier molecular flexibility index (Phi) is 4.20. The minimum Gasteiger partial charge on any atom is -0.492 e. The second kappa shape index (κ2) is 6.29. The van der Waals surface area contributed by atoms with Gasteiger partial charge in [0.15, 0.2) is 16.8 Å². The van der Waals surface area contributed by atoms with E-state index in [-0.39, 0.29) is 5.56 Å². The van der Waals surface area contributed by atoms with Crippen LogP contribution in [0.5, 0.6) is 5.75 Å². The molecule has 2 aromatic carbocycles. The number of halogens is 2. The Morgan fingerprint density at radius 1 is 1.26 bits per heavy atom. The molecule has 1 aromatic heterocycles. The molecule has 23 heavy (non-hydrogen) atoms. The van der Waals surface area contributed by atoms with Crippen molar-refractivity contribution in [1.82, 2.24) is 4.98 Å². The third kappa shape index (κ3) is 3.14. The van der Waals surface area contributed by atoms with Crippen molar-refractivity contribution in [3.63, 3.8) is 0 Å². The Bertz CT molecular complexity index is 880. The number of benzene rings is 2. The molecule has 0 atom stereocenters. The van der Waals surface area contributed by atoms with Gasteiger partial charge >= 0.3 is 0 Å². The van der Waals surface area contributed by atoms with Gasteiger partial charge in [-0.25, -0.2) is 13.8 Å². The number of carbonyl (C=O) groups is 1. The van der Waals surface area contributed by atoms with Crippen LogP contribution in [-0.2, 0) is 0 Å². The number of carbonyl (C=O) groups excluding carboxylic acids is 1. The lowest BCUT2D eigenvalue weighted by Crippen LogP contribution is -2.12. The van der Waals surface area contributed by atoms with Gasteiger partial charge in [0.25, 0.3) is 5.91 Å². The molecule has 0 fully saturated rings. The molecule has 0 saturated carbocycles. The molecule has 1 heterocycles. The van der Waals surface area contributed by atoms with Gasteiger partial charge in [-0.15, -0.1) is 0 Å². The van der Waals surface area contributed by atoms with Gasteiger partial charge in [0.05, 0.1) is 11.3 Å². The Hall–Kier alpha value is -2.54. The van der Waals surface area contributed by atoms with Gasteiger partial charge in [-0.3, -0.25) is 10.1 Å². The van der Waals surface area contributed by atoms with E-state index in [2.05, 4.69) is 10.3 Å². The molecule has 3 aromatic rings. The molecule has 1 amide bonds. The monoisotopic (exact) mass is 334 g/mol. The Balaban J connectivity index is 1.87. The predicted octanol–water partition coefficient (Wildman–Crippen LogP) is 4.23. The zero-order valence-electron chi connectivity index (χ0n) is 12.1. The average molecular weight is 334 g/mol. The molecule has 1 N–H and O–H groups in total. The number of thiazole rings is 1. The second-order valence-electron chi connectivity index (χ2n) is 4.64. The smallest absolute Gasteiger partial charge is 0.257 e. The summed E-state index contributed by atoms with van der Waals surface area (Å²) in [6.45, 7) is 2.38. The number of hydrogen-bond donors (Lipinski definition) is 1. The van der Waals surface area contributed by atoms with Gasteiger partial charge < -0.3 is 4.74 Å². The Morgan fingerprint density at radius 3 is 2.83 bits per heavy atom. The molecule has 4 nitrogen and oxygen atoms in total. The first-order chi connectivity index (χ1) is 11.1. The van der Waals surface area contributed by atoms with E-state index >= 15 is 0 Å². The van der Waals surface area contributed by atoms with Crippen molar-refractivity contribution in [2.24, 2.45) is 0 Å². The molecule has 0 saturated heterocycles. The van der Waals surface area contributed by atoms with Gasteiger partial charge in [0.1, 0.15) is 11.3 Å². The average Bonchev–Trinajstić information content (AvgIpc) is 2.93. The summed E-state index contributed by atoms with van der Waals surface area (Å²) in [6, 6.07) is 8.48. The van der Waals surface area contributed by atoms with Crippen LogP contribution in [0.25, 0.3) is 10.2 Å². The van der Waals surface area contributed by atoms with Crippen molar-refractivity contribution in [2.45, 2.75) is 6.92 Å². The highest BCUT2D eigenvalue weighted by molar-refractivity contribution is 7.22. The van der Waals surface area contributed by atoms with E-state index in [1.165, 1.54) is 17.4 Å². The van der Waals surface area contributed by atoms with Crippen molar-refractivity contribution in [3.05, 3.63) is 53.6 Å². The van der Waals surface area contributed by atoms with Crippen molar-refractivity contribution in [2.75, 3.05) is 11.9 Å². The van der Waals surface area contributed by atoms with Crippen LogP contribution in [0.3, 0.4) is 0 Å². The minimum atomic E-state index is -1.07. The van der Waals surface area contributed by atoms with Crippen molar-refractivity contribution in [3.8, 4) is 5.75 Å². The number of amides is 1.